The molecule has 94 valence electrons. The van der Waals surface area contributed by atoms with Crippen LogP contribution < -0.4 is 5.73 Å². The minimum atomic E-state index is -1.49. The highest BCUT2D eigenvalue weighted by Gasteiger charge is 2.25. The van der Waals surface area contributed by atoms with Crippen molar-refractivity contribution in [2.24, 2.45) is 5.73 Å². The van der Waals surface area contributed by atoms with Crippen LogP contribution in [0, 0.1) is 5.82 Å². The molecule has 0 saturated heterocycles. The Bertz CT molecular complexity index is 410. The van der Waals surface area contributed by atoms with Gasteiger partial charge in [-0.25, -0.2) is 9.18 Å². The van der Waals surface area contributed by atoms with Gasteiger partial charge in [0.1, 0.15) is 17.5 Å². The first-order valence-electron chi connectivity index (χ1n) is 5.07. The number of aliphatic hydroxyl groups excluding tert-OH is 2. The summed E-state index contributed by atoms with van der Waals surface area (Å²) in [7, 11) is 0. The molecule has 1 aromatic carbocycles. The number of nitrogens with two attached hydrogens (primary N) is 1. The first-order valence-corrected chi connectivity index (χ1v) is 5.07. The zero-order valence-corrected chi connectivity index (χ0v) is 9.01. The maximum atomic E-state index is 13.3. The largest absolute Gasteiger partial charge is 0.478 e. The predicted molar refractivity (Wildman–Crippen MR) is 58.0 cm³/mol. The lowest BCUT2D eigenvalue weighted by molar-refractivity contribution is 0.0138. The molecule has 0 aliphatic heterocycles. The molecular formula is C11H14FNO4. The molecule has 5 N–H and O–H groups in total. The number of benzene rings is 1. The Morgan fingerprint density at radius 3 is 2.59 bits per heavy atom. The lowest BCUT2D eigenvalue weighted by Crippen LogP contribution is -2.24. The fourth-order valence-electron chi connectivity index (χ4n) is 1.55. The fraction of sp³-hybridized carbons (Fsp3) is 0.364. The summed E-state index contributed by atoms with van der Waals surface area (Å²) in [6, 6.07) is 3.52. The maximum Gasteiger partial charge on any atom is 0.339 e. The number of carboxylic acid groups (broad SMARTS) is 1. The van der Waals surface area contributed by atoms with Crippen LogP contribution in [0.4, 0.5) is 4.39 Å². The monoisotopic (exact) mass is 243 g/mol. The van der Waals surface area contributed by atoms with Crippen LogP contribution in [0.15, 0.2) is 18.2 Å². The van der Waals surface area contributed by atoms with Crippen LogP contribution in [0.2, 0.25) is 0 Å². The van der Waals surface area contributed by atoms with E-state index in [4.69, 9.17) is 10.8 Å². The quantitative estimate of drug-likeness (QED) is 0.594. The van der Waals surface area contributed by atoms with Crippen molar-refractivity contribution < 1.29 is 24.5 Å². The Balaban J connectivity index is 3.13. The van der Waals surface area contributed by atoms with Crippen molar-refractivity contribution in [1.29, 1.82) is 0 Å². The molecule has 1 rings (SSSR count). The molecule has 0 aliphatic rings. The molecule has 0 radical (unpaired) electrons. The number of carbonyl (C=O) groups is 1. The molecule has 17 heavy (non-hydrogen) atoms. The third kappa shape index (κ3) is 3.00. The molecule has 0 spiro atoms. The van der Waals surface area contributed by atoms with Gasteiger partial charge >= 0.3 is 5.97 Å². The van der Waals surface area contributed by atoms with Crippen LogP contribution in [0.1, 0.15) is 28.4 Å². The first kappa shape index (κ1) is 13.6. The molecule has 0 fully saturated rings. The number of halogens is 1. The summed E-state index contributed by atoms with van der Waals surface area (Å²) < 4.78 is 13.3. The summed E-state index contributed by atoms with van der Waals surface area (Å²) in [6.07, 6.45) is -2.60. The lowest BCUT2D eigenvalue weighted by Gasteiger charge is -2.19. The van der Waals surface area contributed by atoms with Gasteiger partial charge in [-0.2, -0.15) is 0 Å². The minimum absolute atomic E-state index is 0.0940. The lowest BCUT2D eigenvalue weighted by atomic mass is 9.97. The number of hydrogen-bond donors (Lipinski definition) is 4. The Kier molecular flexibility index (Phi) is 4.56. The van der Waals surface area contributed by atoms with Crippen molar-refractivity contribution in [2.45, 2.75) is 18.6 Å². The van der Waals surface area contributed by atoms with Gasteiger partial charge in [0.2, 0.25) is 0 Å². The third-order valence-corrected chi connectivity index (χ3v) is 2.41. The van der Waals surface area contributed by atoms with Crippen LogP contribution in [0.5, 0.6) is 0 Å². The molecule has 0 amide bonds. The standard InChI is InChI=1S/C11H14FNO4/c12-7-3-1-2-6(9(7)11(16)17)10(15)8(14)4-5-13/h1-3,8,10,14-15H,4-5,13H2,(H,16,17). The molecule has 0 heterocycles. The SMILES string of the molecule is NCCC(O)C(O)c1cccc(F)c1C(=O)O. The Hall–Kier alpha value is -1.50. The van der Waals surface area contributed by atoms with Crippen molar-refractivity contribution in [3.63, 3.8) is 0 Å². The minimum Gasteiger partial charge on any atom is -0.478 e. The average molecular weight is 243 g/mol. The smallest absolute Gasteiger partial charge is 0.339 e. The highest BCUT2D eigenvalue weighted by atomic mass is 19.1. The van der Waals surface area contributed by atoms with Gasteiger partial charge < -0.3 is 21.1 Å². The second-order valence-corrected chi connectivity index (χ2v) is 3.60. The predicted octanol–water partition coefficient (Wildman–Crippen LogP) is 0.267. The van der Waals surface area contributed by atoms with Crippen LogP contribution >= 0.6 is 0 Å². The van der Waals surface area contributed by atoms with E-state index in [1.54, 1.807) is 0 Å². The van der Waals surface area contributed by atoms with Gasteiger partial charge in [0.25, 0.3) is 0 Å². The van der Waals surface area contributed by atoms with Gasteiger partial charge in [0.05, 0.1) is 6.10 Å². The van der Waals surface area contributed by atoms with Crippen LogP contribution in [0.25, 0.3) is 0 Å². The van der Waals surface area contributed by atoms with Gasteiger partial charge in [-0.1, -0.05) is 12.1 Å². The van der Waals surface area contributed by atoms with E-state index in [1.165, 1.54) is 12.1 Å². The molecule has 0 aliphatic carbocycles. The van der Waals surface area contributed by atoms with E-state index < -0.39 is 29.6 Å². The van der Waals surface area contributed by atoms with E-state index in [0.717, 1.165) is 6.07 Å². The van der Waals surface area contributed by atoms with Crippen LogP contribution in [-0.2, 0) is 0 Å². The molecule has 0 saturated carbocycles. The zero-order valence-electron chi connectivity index (χ0n) is 9.01. The molecule has 0 aromatic heterocycles. The summed E-state index contributed by atoms with van der Waals surface area (Å²) in [5.74, 6) is -2.44. The third-order valence-electron chi connectivity index (χ3n) is 2.41. The van der Waals surface area contributed by atoms with E-state index >= 15 is 0 Å². The molecule has 0 bridgehead atoms. The molecule has 2 atom stereocenters. The number of carboxylic acids is 1. The Labute approximate surface area is 97.3 Å². The number of aliphatic hydroxyl groups is 2. The van der Waals surface area contributed by atoms with Crippen molar-refractivity contribution in [3.05, 3.63) is 35.1 Å². The highest BCUT2D eigenvalue weighted by Crippen LogP contribution is 2.24. The molecular weight excluding hydrogens is 229 g/mol. The van der Waals surface area contributed by atoms with Gasteiger partial charge in [-0.15, -0.1) is 0 Å². The average Bonchev–Trinajstić information content (AvgIpc) is 2.27. The van der Waals surface area contributed by atoms with Gasteiger partial charge in [0, 0.05) is 5.56 Å². The van der Waals surface area contributed by atoms with Gasteiger partial charge in [-0.05, 0) is 19.0 Å². The Morgan fingerprint density at radius 1 is 1.41 bits per heavy atom. The van der Waals surface area contributed by atoms with E-state index in [-0.39, 0.29) is 18.5 Å². The number of aromatic carboxylic acids is 1. The molecule has 6 heteroatoms. The van der Waals surface area contributed by atoms with E-state index in [2.05, 4.69) is 0 Å². The summed E-state index contributed by atoms with van der Waals surface area (Å²) in [6.45, 7) is 0.135. The maximum absolute atomic E-state index is 13.3. The summed E-state index contributed by atoms with van der Waals surface area (Å²) in [4.78, 5) is 10.9. The summed E-state index contributed by atoms with van der Waals surface area (Å²) in [5, 5.41) is 28.1. The topological polar surface area (TPSA) is 104 Å². The number of hydrogen-bond acceptors (Lipinski definition) is 4. The molecule has 5 nitrogen and oxygen atoms in total. The molecule has 2 unspecified atom stereocenters. The van der Waals surface area contributed by atoms with Gasteiger partial charge in [0.15, 0.2) is 0 Å². The van der Waals surface area contributed by atoms with E-state index in [1.807, 2.05) is 0 Å². The van der Waals surface area contributed by atoms with Crippen molar-refractivity contribution in [1.82, 2.24) is 0 Å². The fourth-order valence-corrected chi connectivity index (χ4v) is 1.55. The Morgan fingerprint density at radius 2 is 2.06 bits per heavy atom. The second-order valence-electron chi connectivity index (χ2n) is 3.60. The van der Waals surface area contributed by atoms with Crippen molar-refractivity contribution in [3.8, 4) is 0 Å². The second kappa shape index (κ2) is 5.72. The normalized spacial score (nSPS) is 14.4. The van der Waals surface area contributed by atoms with Crippen molar-refractivity contribution >= 4 is 5.97 Å². The molecule has 1 aromatic rings. The first-order chi connectivity index (χ1) is 7.99. The highest BCUT2D eigenvalue weighted by molar-refractivity contribution is 5.89. The van der Waals surface area contributed by atoms with Crippen LogP contribution in [-0.4, -0.2) is 33.9 Å². The van der Waals surface area contributed by atoms with Crippen LogP contribution in [0.3, 0.4) is 0 Å². The van der Waals surface area contributed by atoms with Crippen molar-refractivity contribution in [2.75, 3.05) is 6.54 Å². The summed E-state index contributed by atoms with van der Waals surface area (Å²) in [5.41, 5.74) is 4.43. The van der Waals surface area contributed by atoms with E-state index in [9.17, 15) is 19.4 Å². The van der Waals surface area contributed by atoms with Gasteiger partial charge in [-0.3, -0.25) is 0 Å². The summed E-state index contributed by atoms with van der Waals surface area (Å²) >= 11 is 0. The number of rotatable bonds is 5. The zero-order chi connectivity index (χ0) is 13.0. The van der Waals surface area contributed by atoms with E-state index in [0.29, 0.717) is 0 Å².